The Bertz CT molecular complexity index is 1340. The van der Waals surface area contributed by atoms with Crippen LogP contribution in [0.4, 0.5) is 18.9 Å². The van der Waals surface area contributed by atoms with E-state index in [2.05, 4.69) is 38.7 Å². The fourth-order valence-corrected chi connectivity index (χ4v) is 4.07. The van der Waals surface area contributed by atoms with Crippen molar-refractivity contribution >= 4 is 5.69 Å². The molecular weight excluding hydrogens is 469 g/mol. The number of H-pyrrole nitrogens is 1. The molecule has 1 atom stereocenters. The molecule has 1 aromatic heterocycles. The number of nitrogens with zero attached hydrogens (tertiary/aromatic N) is 2. The molecule has 0 saturated heterocycles. The maximum atomic E-state index is 12.9. The van der Waals surface area contributed by atoms with Gasteiger partial charge in [-0.3, -0.25) is 5.10 Å². The van der Waals surface area contributed by atoms with E-state index in [1.807, 2.05) is 24.3 Å². The number of rotatable bonds is 7. The fourth-order valence-electron chi connectivity index (χ4n) is 4.07. The van der Waals surface area contributed by atoms with Crippen LogP contribution in [-0.4, -0.2) is 21.2 Å². The number of hydrogen-bond acceptors (Lipinski definition) is 5. The van der Waals surface area contributed by atoms with Crippen molar-refractivity contribution in [2.45, 2.75) is 31.5 Å². The molecule has 9 heteroatoms. The van der Waals surface area contributed by atoms with Crippen molar-refractivity contribution in [1.29, 1.82) is 0 Å². The molecule has 36 heavy (non-hydrogen) atoms. The number of aromatic nitrogens is 3. The summed E-state index contributed by atoms with van der Waals surface area (Å²) < 4.78 is 49.8. The van der Waals surface area contributed by atoms with Crippen LogP contribution in [-0.2, 0) is 15.7 Å². The summed E-state index contributed by atoms with van der Waals surface area (Å²) in [6.45, 7) is 0. The molecule has 184 valence electrons. The molecule has 2 aromatic carbocycles. The van der Waals surface area contributed by atoms with E-state index in [-0.39, 0.29) is 6.04 Å². The molecular formula is C27H23F3N4O2. The highest BCUT2D eigenvalue weighted by atomic mass is 19.4. The summed E-state index contributed by atoms with van der Waals surface area (Å²) in [4.78, 5) is 4.55. The second-order valence-corrected chi connectivity index (χ2v) is 8.37. The zero-order valence-corrected chi connectivity index (χ0v) is 19.1. The van der Waals surface area contributed by atoms with Gasteiger partial charge in [0, 0.05) is 16.8 Å². The van der Waals surface area contributed by atoms with Gasteiger partial charge >= 0.3 is 6.18 Å². The van der Waals surface area contributed by atoms with E-state index < -0.39 is 11.7 Å². The highest BCUT2D eigenvalue weighted by Crippen LogP contribution is 2.33. The average Bonchev–Trinajstić information content (AvgIpc) is 3.40. The van der Waals surface area contributed by atoms with Gasteiger partial charge in [0.05, 0.1) is 11.6 Å². The third-order valence-electron chi connectivity index (χ3n) is 5.90. The van der Waals surface area contributed by atoms with Gasteiger partial charge in [-0.25, -0.2) is 4.98 Å². The van der Waals surface area contributed by atoms with Crippen LogP contribution >= 0.6 is 0 Å². The standard InChI is InChI=1S/C27H23F3N4O2/c28-27(29,30)20-12-10-19(11-13-20)25-32-26(34-33-25)21-8-4-5-9-22(21)31-23(24-17-35-14-15-36-24)16-18-6-2-1-3-7-18/h1-2,4-6,8-15,17,23,31H,3,7,16H2,(H,32,33,34). The lowest BCUT2D eigenvalue weighted by Gasteiger charge is -2.25. The number of anilines is 1. The first kappa shape index (κ1) is 23.5. The molecule has 1 aliphatic carbocycles. The maximum Gasteiger partial charge on any atom is 0.416 e. The second kappa shape index (κ2) is 10.2. The van der Waals surface area contributed by atoms with Crippen molar-refractivity contribution in [3.05, 3.63) is 102 Å². The average molecular weight is 493 g/mol. The SMILES string of the molecule is FC(F)(F)c1ccc(-c2n[nH]c(-c3ccccc3NC(CC3=CC=CCC3)C3=COC=CO3)n2)cc1. The number of benzene rings is 2. The van der Waals surface area contributed by atoms with Crippen molar-refractivity contribution in [3.8, 4) is 22.8 Å². The predicted octanol–water partition coefficient (Wildman–Crippen LogP) is 6.96. The molecule has 1 unspecified atom stereocenters. The Balaban J connectivity index is 1.41. The first-order valence-corrected chi connectivity index (χ1v) is 11.4. The van der Waals surface area contributed by atoms with E-state index in [1.165, 1.54) is 30.2 Å². The van der Waals surface area contributed by atoms with Gasteiger partial charge in [0.1, 0.15) is 18.8 Å². The lowest BCUT2D eigenvalue weighted by Crippen LogP contribution is -2.25. The number of allylic oxidation sites excluding steroid dienone is 3. The van der Waals surface area contributed by atoms with Gasteiger partial charge in [0.2, 0.25) is 0 Å². The van der Waals surface area contributed by atoms with Crippen molar-refractivity contribution in [1.82, 2.24) is 15.2 Å². The number of ether oxygens (including phenoxy) is 2. The number of alkyl halides is 3. The molecule has 3 aromatic rings. The maximum absolute atomic E-state index is 12.9. The molecule has 5 rings (SSSR count). The second-order valence-electron chi connectivity index (χ2n) is 8.37. The molecule has 1 aliphatic heterocycles. The summed E-state index contributed by atoms with van der Waals surface area (Å²) in [6.07, 6.45) is 9.16. The zero-order valence-electron chi connectivity index (χ0n) is 19.1. The fraction of sp³-hybridized carbons (Fsp3) is 0.185. The van der Waals surface area contributed by atoms with E-state index in [1.54, 1.807) is 6.26 Å². The van der Waals surface area contributed by atoms with Crippen LogP contribution < -0.4 is 5.32 Å². The molecule has 0 radical (unpaired) electrons. The van der Waals surface area contributed by atoms with Crippen LogP contribution in [0.5, 0.6) is 0 Å². The first-order chi connectivity index (χ1) is 17.5. The summed E-state index contributed by atoms with van der Waals surface area (Å²) >= 11 is 0. The Morgan fingerprint density at radius 2 is 1.89 bits per heavy atom. The number of aromatic amines is 1. The van der Waals surface area contributed by atoms with Crippen molar-refractivity contribution in [3.63, 3.8) is 0 Å². The normalized spacial score (nSPS) is 16.0. The quantitative estimate of drug-likeness (QED) is 0.373. The largest absolute Gasteiger partial charge is 0.466 e. The van der Waals surface area contributed by atoms with Crippen LogP contribution in [0.1, 0.15) is 24.8 Å². The summed E-state index contributed by atoms with van der Waals surface area (Å²) in [7, 11) is 0. The molecule has 0 saturated carbocycles. The first-order valence-electron chi connectivity index (χ1n) is 11.4. The van der Waals surface area contributed by atoms with E-state index in [0.717, 1.165) is 42.6 Å². The van der Waals surface area contributed by atoms with Crippen LogP contribution in [0.15, 0.2) is 96.9 Å². The third-order valence-corrected chi connectivity index (χ3v) is 5.90. The molecule has 2 heterocycles. The zero-order chi connectivity index (χ0) is 25.0. The van der Waals surface area contributed by atoms with E-state index >= 15 is 0 Å². The number of hydrogen-bond donors (Lipinski definition) is 2. The molecule has 0 amide bonds. The van der Waals surface area contributed by atoms with Crippen molar-refractivity contribution < 1.29 is 22.6 Å². The molecule has 6 nitrogen and oxygen atoms in total. The molecule has 2 aliphatic rings. The number of halogens is 3. The van der Waals surface area contributed by atoms with Crippen LogP contribution in [0.25, 0.3) is 22.8 Å². The number of para-hydroxylation sites is 1. The minimum atomic E-state index is -4.40. The minimum Gasteiger partial charge on any atom is -0.466 e. The van der Waals surface area contributed by atoms with Crippen LogP contribution in [0.2, 0.25) is 0 Å². The van der Waals surface area contributed by atoms with Gasteiger partial charge in [-0.15, -0.1) is 0 Å². The lowest BCUT2D eigenvalue weighted by atomic mass is 9.96. The lowest BCUT2D eigenvalue weighted by molar-refractivity contribution is -0.137. The van der Waals surface area contributed by atoms with Gasteiger partial charge in [0.15, 0.2) is 17.4 Å². The highest BCUT2D eigenvalue weighted by Gasteiger charge is 2.30. The van der Waals surface area contributed by atoms with Crippen LogP contribution in [0, 0.1) is 0 Å². The smallest absolute Gasteiger partial charge is 0.416 e. The van der Waals surface area contributed by atoms with Crippen molar-refractivity contribution in [2.24, 2.45) is 0 Å². The molecule has 0 fully saturated rings. The topological polar surface area (TPSA) is 72.1 Å². The van der Waals surface area contributed by atoms with E-state index in [0.29, 0.717) is 23.0 Å². The summed E-state index contributed by atoms with van der Waals surface area (Å²) in [6, 6.07) is 12.2. The summed E-state index contributed by atoms with van der Waals surface area (Å²) in [5.74, 6) is 1.44. The van der Waals surface area contributed by atoms with Crippen LogP contribution in [0.3, 0.4) is 0 Å². The third kappa shape index (κ3) is 5.35. The summed E-state index contributed by atoms with van der Waals surface area (Å²) in [5, 5.41) is 10.7. The van der Waals surface area contributed by atoms with Gasteiger partial charge in [-0.2, -0.15) is 18.3 Å². The van der Waals surface area contributed by atoms with E-state index in [9.17, 15) is 13.2 Å². The van der Waals surface area contributed by atoms with Gasteiger partial charge in [0.25, 0.3) is 0 Å². The Kier molecular flexibility index (Phi) is 6.62. The Morgan fingerprint density at radius 1 is 1.06 bits per heavy atom. The van der Waals surface area contributed by atoms with Gasteiger partial charge in [-0.1, -0.05) is 48.1 Å². The van der Waals surface area contributed by atoms with Gasteiger partial charge in [-0.05, 0) is 43.5 Å². The van der Waals surface area contributed by atoms with Crippen molar-refractivity contribution in [2.75, 3.05) is 5.32 Å². The van der Waals surface area contributed by atoms with Gasteiger partial charge < -0.3 is 14.8 Å². The summed E-state index contributed by atoms with van der Waals surface area (Å²) in [5.41, 5.74) is 2.61. The predicted molar refractivity (Wildman–Crippen MR) is 130 cm³/mol. The molecule has 0 bridgehead atoms. The Labute approximate surface area is 205 Å². The Hall–Kier alpha value is -4.27. The Morgan fingerprint density at radius 3 is 2.61 bits per heavy atom. The number of nitrogens with one attached hydrogen (secondary N) is 2. The minimum absolute atomic E-state index is 0.203. The monoisotopic (exact) mass is 492 g/mol. The molecule has 2 N–H and O–H groups in total. The molecule has 0 spiro atoms. The highest BCUT2D eigenvalue weighted by molar-refractivity contribution is 5.75. The van der Waals surface area contributed by atoms with E-state index in [4.69, 9.17) is 9.47 Å².